The molecule has 2 aliphatic heterocycles. The molecule has 0 saturated carbocycles. The van der Waals surface area contributed by atoms with Crippen LogP contribution < -0.4 is 10.2 Å². The van der Waals surface area contributed by atoms with Crippen LogP contribution in [0.25, 0.3) is 0 Å². The third kappa shape index (κ3) is 6.19. The van der Waals surface area contributed by atoms with Crippen molar-refractivity contribution in [3.05, 3.63) is 75.7 Å². The molecule has 3 heterocycles. The van der Waals surface area contributed by atoms with Gasteiger partial charge in [0.05, 0.1) is 29.6 Å². The van der Waals surface area contributed by atoms with E-state index in [-0.39, 0.29) is 24.2 Å². The van der Waals surface area contributed by atoms with Gasteiger partial charge in [0.2, 0.25) is 5.91 Å². The van der Waals surface area contributed by atoms with E-state index in [1.54, 1.807) is 5.38 Å². The minimum Gasteiger partial charge on any atom is -0.378 e. The summed E-state index contributed by atoms with van der Waals surface area (Å²) >= 11 is 1.48. The highest BCUT2D eigenvalue weighted by molar-refractivity contribution is 7.10. The molecule has 0 unspecified atom stereocenters. The SMILES string of the molecule is O=C(Nc1ccccc1N1CCOCC1)c1csc(C2CCN(C(=O)CCc3ccc(F)c(F)c3)CC2)n1. The molecule has 2 saturated heterocycles. The van der Waals surface area contributed by atoms with Gasteiger partial charge >= 0.3 is 0 Å². The first-order chi connectivity index (χ1) is 18.5. The van der Waals surface area contributed by atoms with Crippen molar-refractivity contribution < 1.29 is 23.1 Å². The Morgan fingerprint density at radius 1 is 1.03 bits per heavy atom. The van der Waals surface area contributed by atoms with Gasteiger partial charge in [0.25, 0.3) is 5.91 Å². The summed E-state index contributed by atoms with van der Waals surface area (Å²) in [5, 5.41) is 5.72. The molecule has 0 atom stereocenters. The number of aryl methyl sites for hydroxylation is 1. The van der Waals surface area contributed by atoms with Crippen molar-refractivity contribution in [1.82, 2.24) is 9.88 Å². The molecule has 38 heavy (non-hydrogen) atoms. The quantitative estimate of drug-likeness (QED) is 0.464. The van der Waals surface area contributed by atoms with Crippen molar-refractivity contribution in [2.24, 2.45) is 0 Å². The van der Waals surface area contributed by atoms with E-state index in [0.717, 1.165) is 54.4 Å². The van der Waals surface area contributed by atoms with Crippen LogP contribution in [0.5, 0.6) is 0 Å². The first-order valence-electron chi connectivity index (χ1n) is 12.9. The summed E-state index contributed by atoms with van der Waals surface area (Å²) in [5.74, 6) is -1.82. The monoisotopic (exact) mass is 540 g/mol. The van der Waals surface area contributed by atoms with Gasteiger partial charge in [-0.3, -0.25) is 9.59 Å². The van der Waals surface area contributed by atoms with Gasteiger partial charge in [-0.1, -0.05) is 18.2 Å². The van der Waals surface area contributed by atoms with Gasteiger partial charge in [-0.2, -0.15) is 0 Å². The molecule has 0 radical (unpaired) electrons. The first kappa shape index (κ1) is 26.2. The fourth-order valence-electron chi connectivity index (χ4n) is 4.91. The Morgan fingerprint density at radius 2 is 1.79 bits per heavy atom. The van der Waals surface area contributed by atoms with E-state index in [1.165, 1.54) is 17.4 Å². The summed E-state index contributed by atoms with van der Waals surface area (Å²) in [5.41, 5.74) is 2.73. The number of hydrogen-bond donors (Lipinski definition) is 1. The van der Waals surface area contributed by atoms with Crippen LogP contribution in [0.3, 0.4) is 0 Å². The van der Waals surface area contributed by atoms with Crippen LogP contribution in [0.2, 0.25) is 0 Å². The largest absolute Gasteiger partial charge is 0.378 e. The lowest BCUT2D eigenvalue weighted by molar-refractivity contribution is -0.132. The van der Waals surface area contributed by atoms with Crippen LogP contribution >= 0.6 is 11.3 Å². The zero-order valence-corrected chi connectivity index (χ0v) is 21.8. The number of nitrogens with one attached hydrogen (secondary N) is 1. The smallest absolute Gasteiger partial charge is 0.275 e. The molecule has 10 heteroatoms. The van der Waals surface area contributed by atoms with Crippen molar-refractivity contribution in [1.29, 1.82) is 0 Å². The fourth-order valence-corrected chi connectivity index (χ4v) is 5.88. The minimum atomic E-state index is -0.895. The number of nitrogens with zero attached hydrogens (tertiary/aromatic N) is 3. The molecule has 7 nitrogen and oxygen atoms in total. The highest BCUT2D eigenvalue weighted by Gasteiger charge is 2.26. The highest BCUT2D eigenvalue weighted by atomic mass is 32.1. The number of ether oxygens (including phenoxy) is 1. The van der Waals surface area contributed by atoms with E-state index in [9.17, 15) is 18.4 Å². The van der Waals surface area contributed by atoms with Crippen molar-refractivity contribution in [2.45, 2.75) is 31.6 Å². The van der Waals surface area contributed by atoms with Crippen LogP contribution in [-0.4, -0.2) is 61.1 Å². The van der Waals surface area contributed by atoms with Crippen LogP contribution in [0, 0.1) is 11.6 Å². The molecule has 2 aromatic carbocycles. The number of amides is 2. The zero-order valence-electron chi connectivity index (χ0n) is 21.0. The molecule has 5 rings (SSSR count). The molecule has 1 N–H and O–H groups in total. The maximum atomic E-state index is 13.4. The number of carbonyl (C=O) groups is 2. The molecular weight excluding hydrogens is 510 g/mol. The molecule has 2 aliphatic rings. The lowest BCUT2D eigenvalue weighted by Crippen LogP contribution is -2.38. The van der Waals surface area contributed by atoms with Crippen LogP contribution in [0.1, 0.15) is 46.2 Å². The van der Waals surface area contributed by atoms with Gasteiger partial charge in [0.15, 0.2) is 11.6 Å². The fraction of sp³-hybridized carbons (Fsp3) is 0.393. The number of hydrogen-bond acceptors (Lipinski definition) is 6. The van der Waals surface area contributed by atoms with E-state index in [0.29, 0.717) is 44.0 Å². The number of likely N-dealkylation sites (tertiary alicyclic amines) is 1. The predicted molar refractivity (Wildman–Crippen MR) is 143 cm³/mol. The minimum absolute atomic E-state index is 0.00585. The van der Waals surface area contributed by atoms with Crippen LogP contribution in [0.15, 0.2) is 47.8 Å². The molecule has 0 aliphatic carbocycles. The number of carbonyl (C=O) groups excluding carboxylic acids is 2. The average Bonchev–Trinajstić information content (AvgIpc) is 3.45. The number of aromatic nitrogens is 1. The molecule has 3 aromatic rings. The van der Waals surface area contributed by atoms with Gasteiger partial charge < -0.3 is 19.9 Å². The number of piperidine rings is 1. The molecule has 200 valence electrons. The predicted octanol–water partition coefficient (Wildman–Crippen LogP) is 4.85. The van der Waals surface area contributed by atoms with Crippen molar-refractivity contribution in [3.63, 3.8) is 0 Å². The van der Waals surface area contributed by atoms with E-state index < -0.39 is 11.6 Å². The molecule has 2 amide bonds. The van der Waals surface area contributed by atoms with E-state index in [1.807, 2.05) is 29.2 Å². The standard InChI is InChI=1S/C28H30F2N4O3S/c29-21-7-5-19(17-22(21)30)6-8-26(35)34-11-9-20(10-12-34)28-32-24(18-38-28)27(36)31-23-3-1-2-4-25(23)33-13-15-37-16-14-33/h1-5,7,17-18,20H,6,8-16H2,(H,31,36). The number of morpholine rings is 1. The summed E-state index contributed by atoms with van der Waals surface area (Å²) in [4.78, 5) is 34.3. The maximum absolute atomic E-state index is 13.4. The second-order valence-electron chi connectivity index (χ2n) is 9.55. The third-order valence-corrected chi connectivity index (χ3v) is 8.07. The number of thiazole rings is 1. The molecule has 0 spiro atoms. The second kappa shape index (κ2) is 12.0. The number of halogens is 2. The third-order valence-electron chi connectivity index (χ3n) is 7.07. The maximum Gasteiger partial charge on any atom is 0.275 e. The van der Waals surface area contributed by atoms with Crippen LogP contribution in [-0.2, 0) is 16.0 Å². The summed E-state index contributed by atoms with van der Waals surface area (Å²) in [6.45, 7) is 4.09. The molecule has 1 aromatic heterocycles. The Balaban J connectivity index is 1.13. The zero-order chi connectivity index (χ0) is 26.5. The molecule has 0 bridgehead atoms. The molecule has 2 fully saturated rings. The van der Waals surface area contributed by atoms with E-state index in [2.05, 4.69) is 15.2 Å². The Kier molecular flexibility index (Phi) is 8.29. The van der Waals surface area contributed by atoms with Crippen LogP contribution in [0.4, 0.5) is 20.2 Å². The van der Waals surface area contributed by atoms with Gasteiger partial charge in [-0.25, -0.2) is 13.8 Å². The number of anilines is 2. The summed E-state index contributed by atoms with van der Waals surface area (Å²) in [6.07, 6.45) is 2.16. The second-order valence-corrected chi connectivity index (χ2v) is 10.4. The van der Waals surface area contributed by atoms with E-state index in [4.69, 9.17) is 4.74 Å². The Hall–Kier alpha value is -3.37. The van der Waals surface area contributed by atoms with Crippen molar-refractivity contribution in [2.75, 3.05) is 49.6 Å². The average molecular weight is 541 g/mol. The first-order valence-corrected chi connectivity index (χ1v) is 13.8. The Morgan fingerprint density at radius 3 is 2.55 bits per heavy atom. The highest BCUT2D eigenvalue weighted by Crippen LogP contribution is 2.32. The molecular formula is C28H30F2N4O3S. The Bertz CT molecular complexity index is 1290. The lowest BCUT2D eigenvalue weighted by Gasteiger charge is -2.31. The summed E-state index contributed by atoms with van der Waals surface area (Å²) in [6, 6.07) is 11.5. The number of rotatable bonds is 7. The topological polar surface area (TPSA) is 74.8 Å². The van der Waals surface area contributed by atoms with Gasteiger partial charge in [0.1, 0.15) is 5.69 Å². The number of para-hydroxylation sites is 2. The van der Waals surface area contributed by atoms with Gasteiger partial charge in [-0.15, -0.1) is 11.3 Å². The van der Waals surface area contributed by atoms with Crippen molar-refractivity contribution in [3.8, 4) is 0 Å². The Labute approximate surface area is 224 Å². The number of benzene rings is 2. The lowest BCUT2D eigenvalue weighted by atomic mass is 9.97. The normalized spacial score (nSPS) is 16.5. The van der Waals surface area contributed by atoms with E-state index >= 15 is 0 Å². The van der Waals surface area contributed by atoms with Gasteiger partial charge in [-0.05, 0) is 49.1 Å². The van der Waals surface area contributed by atoms with Gasteiger partial charge in [0, 0.05) is 43.9 Å². The van der Waals surface area contributed by atoms with Crippen molar-refractivity contribution >= 4 is 34.5 Å². The summed E-state index contributed by atoms with van der Waals surface area (Å²) in [7, 11) is 0. The summed E-state index contributed by atoms with van der Waals surface area (Å²) < 4.78 is 32.0.